The minimum Gasteiger partial charge on any atom is -0.478 e. The van der Waals surface area contributed by atoms with Crippen LogP contribution in [0, 0.1) is 6.92 Å². The topological polar surface area (TPSA) is 65.5 Å². The molecule has 3 rings (SSSR count). The molecule has 0 saturated carbocycles. The third-order valence-corrected chi connectivity index (χ3v) is 4.67. The largest absolute Gasteiger partial charge is 0.478 e. The molecule has 0 amide bonds. The molecule has 26 heavy (non-hydrogen) atoms. The molecule has 5 nitrogen and oxygen atoms in total. The standard InChI is InChI=1S/C20H22ClN3O2/c1-14-3-2-4-16(9-14)12-24-8-7-17(13-24)23-20-18(21)10-15(11-22-20)5-6-19(25)26/h2-6,9-11,17H,7-8,12-13H2,1H3,(H,22,23)(H,25,26)/b6-5+/t17-/m1/s1. The van der Waals surface area contributed by atoms with E-state index in [1.807, 2.05) is 0 Å². The molecule has 136 valence electrons. The zero-order chi connectivity index (χ0) is 18.5. The fourth-order valence-corrected chi connectivity index (χ4v) is 3.40. The number of nitrogens with one attached hydrogen (secondary N) is 1. The van der Waals surface area contributed by atoms with E-state index in [4.69, 9.17) is 16.7 Å². The summed E-state index contributed by atoms with van der Waals surface area (Å²) in [5.41, 5.74) is 3.27. The molecule has 1 aliphatic rings. The van der Waals surface area contributed by atoms with Crippen molar-refractivity contribution in [3.8, 4) is 0 Å². The van der Waals surface area contributed by atoms with Gasteiger partial charge in [0.15, 0.2) is 0 Å². The van der Waals surface area contributed by atoms with Crippen LogP contribution in [0.2, 0.25) is 5.02 Å². The number of nitrogens with zero attached hydrogens (tertiary/aromatic N) is 2. The lowest BCUT2D eigenvalue weighted by Crippen LogP contribution is -2.26. The molecule has 6 heteroatoms. The highest BCUT2D eigenvalue weighted by Crippen LogP contribution is 2.24. The predicted octanol–water partition coefficient (Wildman–Crippen LogP) is 3.83. The quantitative estimate of drug-likeness (QED) is 0.755. The fraction of sp³-hybridized carbons (Fsp3) is 0.300. The number of anilines is 1. The van der Waals surface area contributed by atoms with Crippen LogP contribution in [0.4, 0.5) is 5.82 Å². The summed E-state index contributed by atoms with van der Waals surface area (Å²) in [7, 11) is 0. The average molecular weight is 372 g/mol. The maximum Gasteiger partial charge on any atom is 0.328 e. The zero-order valence-corrected chi connectivity index (χ0v) is 15.4. The van der Waals surface area contributed by atoms with Crippen LogP contribution >= 0.6 is 11.6 Å². The second-order valence-electron chi connectivity index (χ2n) is 6.62. The van der Waals surface area contributed by atoms with E-state index in [-0.39, 0.29) is 0 Å². The van der Waals surface area contributed by atoms with E-state index >= 15 is 0 Å². The molecular formula is C20H22ClN3O2. The van der Waals surface area contributed by atoms with Crippen molar-refractivity contribution in [2.24, 2.45) is 0 Å². The number of pyridine rings is 1. The van der Waals surface area contributed by atoms with Crippen molar-refractivity contribution >= 4 is 29.5 Å². The molecule has 1 saturated heterocycles. The summed E-state index contributed by atoms with van der Waals surface area (Å²) in [5.74, 6) is -0.357. The van der Waals surface area contributed by atoms with Gasteiger partial charge in [0, 0.05) is 37.9 Å². The van der Waals surface area contributed by atoms with Crippen molar-refractivity contribution in [2.45, 2.75) is 25.9 Å². The van der Waals surface area contributed by atoms with Gasteiger partial charge in [-0.3, -0.25) is 4.90 Å². The Morgan fingerprint density at radius 1 is 1.46 bits per heavy atom. The Balaban J connectivity index is 1.57. The van der Waals surface area contributed by atoms with Crippen molar-refractivity contribution in [3.63, 3.8) is 0 Å². The van der Waals surface area contributed by atoms with Crippen molar-refractivity contribution < 1.29 is 9.90 Å². The Morgan fingerprint density at radius 2 is 2.31 bits per heavy atom. The van der Waals surface area contributed by atoms with Crippen molar-refractivity contribution in [1.82, 2.24) is 9.88 Å². The number of aryl methyl sites for hydroxylation is 1. The molecule has 1 aromatic heterocycles. The first-order chi connectivity index (χ1) is 12.5. The minimum absolute atomic E-state index is 0.297. The van der Waals surface area contributed by atoms with Gasteiger partial charge in [0.1, 0.15) is 5.82 Å². The first-order valence-corrected chi connectivity index (χ1v) is 8.98. The molecule has 2 heterocycles. The highest BCUT2D eigenvalue weighted by atomic mass is 35.5. The van der Waals surface area contributed by atoms with Crippen molar-refractivity contribution in [2.75, 3.05) is 18.4 Å². The number of carboxylic acids is 1. The number of hydrogen-bond donors (Lipinski definition) is 2. The van der Waals surface area contributed by atoms with E-state index in [1.54, 1.807) is 12.3 Å². The Labute approximate surface area is 158 Å². The summed E-state index contributed by atoms with van der Waals surface area (Å²) in [5, 5.41) is 12.6. The van der Waals surface area contributed by atoms with Gasteiger partial charge in [0.25, 0.3) is 0 Å². The van der Waals surface area contributed by atoms with Crippen LogP contribution in [0.5, 0.6) is 0 Å². The van der Waals surface area contributed by atoms with Crippen molar-refractivity contribution in [1.29, 1.82) is 0 Å². The molecule has 0 unspecified atom stereocenters. The van der Waals surface area contributed by atoms with Gasteiger partial charge in [0.05, 0.1) is 5.02 Å². The molecule has 0 radical (unpaired) electrons. The Kier molecular flexibility index (Phi) is 5.91. The third-order valence-electron chi connectivity index (χ3n) is 4.38. The SMILES string of the molecule is Cc1cccc(CN2CC[C@@H](Nc3ncc(/C=C/C(=O)O)cc3Cl)C2)c1. The van der Waals surface area contributed by atoms with Crippen LogP contribution in [0.3, 0.4) is 0 Å². The monoisotopic (exact) mass is 371 g/mol. The maximum absolute atomic E-state index is 10.6. The Morgan fingerprint density at radius 3 is 3.04 bits per heavy atom. The summed E-state index contributed by atoms with van der Waals surface area (Å²) in [6, 6.07) is 10.6. The fourth-order valence-electron chi connectivity index (χ4n) is 3.17. The summed E-state index contributed by atoms with van der Waals surface area (Å²) < 4.78 is 0. The van der Waals surface area contributed by atoms with Gasteiger partial charge in [-0.15, -0.1) is 0 Å². The highest BCUT2D eigenvalue weighted by molar-refractivity contribution is 6.33. The average Bonchev–Trinajstić information content (AvgIpc) is 3.02. The molecule has 1 aliphatic heterocycles. The number of halogens is 1. The summed E-state index contributed by atoms with van der Waals surface area (Å²) in [6.07, 6.45) is 5.20. The first-order valence-electron chi connectivity index (χ1n) is 8.60. The van der Waals surface area contributed by atoms with Gasteiger partial charge in [-0.25, -0.2) is 9.78 Å². The number of carboxylic acid groups (broad SMARTS) is 1. The molecule has 1 fully saturated rings. The van der Waals surface area contributed by atoms with Gasteiger partial charge < -0.3 is 10.4 Å². The lowest BCUT2D eigenvalue weighted by Gasteiger charge is -2.18. The van der Waals surface area contributed by atoms with E-state index in [9.17, 15) is 4.79 Å². The van der Waals surface area contributed by atoms with Crippen molar-refractivity contribution in [3.05, 3.63) is 64.3 Å². The number of carbonyl (C=O) groups is 1. The van der Waals surface area contributed by atoms with E-state index < -0.39 is 5.97 Å². The van der Waals surface area contributed by atoms with Crippen LogP contribution in [-0.4, -0.2) is 40.1 Å². The van der Waals surface area contributed by atoms with Crippen LogP contribution in [0.15, 0.2) is 42.6 Å². The predicted molar refractivity (Wildman–Crippen MR) is 104 cm³/mol. The molecule has 1 aromatic carbocycles. The second-order valence-corrected chi connectivity index (χ2v) is 7.03. The van der Waals surface area contributed by atoms with E-state index in [1.165, 1.54) is 17.2 Å². The number of aromatic nitrogens is 1. The number of benzene rings is 1. The van der Waals surface area contributed by atoms with Crippen LogP contribution in [0.1, 0.15) is 23.1 Å². The van der Waals surface area contributed by atoms with Crippen LogP contribution in [-0.2, 0) is 11.3 Å². The normalized spacial score (nSPS) is 17.7. The zero-order valence-electron chi connectivity index (χ0n) is 14.7. The molecular weight excluding hydrogens is 350 g/mol. The minimum atomic E-state index is -0.997. The highest BCUT2D eigenvalue weighted by Gasteiger charge is 2.23. The lowest BCUT2D eigenvalue weighted by atomic mass is 10.1. The maximum atomic E-state index is 10.6. The molecule has 0 aliphatic carbocycles. The smallest absolute Gasteiger partial charge is 0.328 e. The van der Waals surface area contributed by atoms with E-state index in [0.29, 0.717) is 22.4 Å². The third kappa shape index (κ3) is 5.07. The first kappa shape index (κ1) is 18.4. The molecule has 0 spiro atoms. The molecule has 1 atom stereocenters. The summed E-state index contributed by atoms with van der Waals surface area (Å²) in [4.78, 5) is 17.3. The van der Waals surface area contributed by atoms with Crippen LogP contribution in [0.25, 0.3) is 6.08 Å². The molecule has 0 bridgehead atoms. The van der Waals surface area contributed by atoms with Gasteiger partial charge in [-0.1, -0.05) is 41.4 Å². The number of aliphatic carboxylic acids is 1. The Bertz CT molecular complexity index is 822. The Hall–Kier alpha value is -2.37. The molecule has 2 N–H and O–H groups in total. The number of likely N-dealkylation sites (tertiary alicyclic amines) is 1. The summed E-state index contributed by atoms with van der Waals surface area (Å²) >= 11 is 6.29. The van der Waals surface area contributed by atoms with Gasteiger partial charge in [-0.2, -0.15) is 0 Å². The van der Waals surface area contributed by atoms with Crippen LogP contribution < -0.4 is 5.32 Å². The van der Waals surface area contributed by atoms with E-state index in [0.717, 1.165) is 32.1 Å². The molecule has 2 aromatic rings. The number of rotatable bonds is 6. The number of hydrogen-bond acceptors (Lipinski definition) is 4. The van der Waals surface area contributed by atoms with E-state index in [2.05, 4.69) is 46.4 Å². The summed E-state index contributed by atoms with van der Waals surface area (Å²) in [6.45, 7) is 5.02. The second kappa shape index (κ2) is 8.34. The lowest BCUT2D eigenvalue weighted by molar-refractivity contribution is -0.131. The van der Waals surface area contributed by atoms with Gasteiger partial charge >= 0.3 is 5.97 Å². The van der Waals surface area contributed by atoms with Gasteiger partial charge in [-0.05, 0) is 36.6 Å². The van der Waals surface area contributed by atoms with Gasteiger partial charge in [0.2, 0.25) is 0 Å².